The standard InChI is InChI=1S/C27H32N4OS/c1-4-20-10-5-6-13-24(20)31-18(2)16-22(19(31)3)26-25(23-12-7-8-14-28-23)29-27(33)30(26)17-21-11-9-15-32-21/h5-8,10,12-14,16,21,25-26H,4,9,11,15,17H2,1-3H3,(H,29,33). The molecule has 3 atom stereocenters. The lowest BCUT2D eigenvalue weighted by Gasteiger charge is -2.30. The Kier molecular flexibility index (Phi) is 6.21. The Morgan fingerprint density at radius 2 is 1.97 bits per heavy atom. The van der Waals surface area contributed by atoms with Gasteiger partial charge in [0.15, 0.2) is 5.11 Å². The topological polar surface area (TPSA) is 42.3 Å². The Bertz CT molecular complexity index is 1140. The molecule has 5 rings (SSSR count). The maximum atomic E-state index is 6.00. The molecule has 0 spiro atoms. The summed E-state index contributed by atoms with van der Waals surface area (Å²) in [5.74, 6) is 0. The van der Waals surface area contributed by atoms with Crippen molar-refractivity contribution in [3.63, 3.8) is 0 Å². The first-order chi connectivity index (χ1) is 16.1. The van der Waals surface area contributed by atoms with E-state index in [9.17, 15) is 0 Å². The highest BCUT2D eigenvalue weighted by molar-refractivity contribution is 7.80. The molecule has 33 heavy (non-hydrogen) atoms. The van der Waals surface area contributed by atoms with Crippen LogP contribution >= 0.6 is 12.2 Å². The highest BCUT2D eigenvalue weighted by Crippen LogP contribution is 2.42. The third kappa shape index (κ3) is 4.06. The second-order valence-corrected chi connectivity index (χ2v) is 9.44. The van der Waals surface area contributed by atoms with E-state index in [0.717, 1.165) is 43.2 Å². The first kappa shape index (κ1) is 22.1. The average Bonchev–Trinajstić information content (AvgIpc) is 3.53. The molecule has 2 aliphatic rings. The zero-order chi connectivity index (χ0) is 22.9. The Balaban J connectivity index is 1.61. The number of hydrogen-bond acceptors (Lipinski definition) is 3. The van der Waals surface area contributed by atoms with Crippen LogP contribution in [0.2, 0.25) is 0 Å². The number of nitrogens with zero attached hydrogens (tertiary/aromatic N) is 3. The van der Waals surface area contributed by atoms with Crippen molar-refractivity contribution in [2.45, 2.75) is 58.2 Å². The lowest BCUT2D eigenvalue weighted by molar-refractivity contribution is 0.0842. The molecule has 2 aliphatic heterocycles. The molecular weight excluding hydrogens is 428 g/mol. The monoisotopic (exact) mass is 460 g/mol. The number of benzene rings is 1. The highest BCUT2D eigenvalue weighted by atomic mass is 32.1. The van der Waals surface area contributed by atoms with E-state index in [4.69, 9.17) is 21.9 Å². The Morgan fingerprint density at radius 3 is 2.70 bits per heavy atom. The van der Waals surface area contributed by atoms with E-state index < -0.39 is 0 Å². The lowest BCUT2D eigenvalue weighted by Crippen LogP contribution is -2.36. The van der Waals surface area contributed by atoms with Crippen LogP contribution in [0.1, 0.15) is 60.1 Å². The molecule has 1 aromatic carbocycles. The normalized spacial score (nSPS) is 22.7. The van der Waals surface area contributed by atoms with E-state index in [0.29, 0.717) is 0 Å². The van der Waals surface area contributed by atoms with E-state index in [1.165, 1.54) is 28.2 Å². The molecule has 2 aromatic heterocycles. The second-order valence-electron chi connectivity index (χ2n) is 9.06. The predicted molar refractivity (Wildman–Crippen MR) is 136 cm³/mol. The number of pyridine rings is 1. The number of hydrogen-bond donors (Lipinski definition) is 1. The molecule has 3 aromatic rings. The van der Waals surface area contributed by atoms with Gasteiger partial charge in [-0.2, -0.15) is 0 Å². The fourth-order valence-electron chi connectivity index (χ4n) is 5.43. The highest BCUT2D eigenvalue weighted by Gasteiger charge is 2.42. The lowest BCUT2D eigenvalue weighted by atomic mass is 9.96. The second kappa shape index (κ2) is 9.27. The summed E-state index contributed by atoms with van der Waals surface area (Å²) in [7, 11) is 0. The van der Waals surface area contributed by atoms with Crippen molar-refractivity contribution in [1.82, 2.24) is 19.8 Å². The fraction of sp³-hybridized carbons (Fsp3) is 0.407. The van der Waals surface area contributed by atoms with Crippen molar-refractivity contribution in [1.29, 1.82) is 0 Å². The van der Waals surface area contributed by atoms with Crippen LogP contribution in [0, 0.1) is 13.8 Å². The van der Waals surface area contributed by atoms with Gasteiger partial charge in [-0.05, 0) is 80.7 Å². The van der Waals surface area contributed by atoms with Gasteiger partial charge in [0, 0.05) is 36.4 Å². The fourth-order valence-corrected chi connectivity index (χ4v) is 5.75. The van der Waals surface area contributed by atoms with Crippen LogP contribution in [0.4, 0.5) is 0 Å². The minimum absolute atomic E-state index is 0.00419. The van der Waals surface area contributed by atoms with Gasteiger partial charge < -0.3 is 19.5 Å². The molecule has 0 saturated carbocycles. The van der Waals surface area contributed by atoms with E-state index >= 15 is 0 Å². The van der Waals surface area contributed by atoms with E-state index in [2.05, 4.69) is 72.0 Å². The third-order valence-corrected chi connectivity index (χ3v) is 7.38. The summed E-state index contributed by atoms with van der Waals surface area (Å²) in [6, 6.07) is 17.2. The van der Waals surface area contributed by atoms with Gasteiger partial charge in [-0.1, -0.05) is 31.2 Å². The molecule has 5 nitrogen and oxygen atoms in total. The third-order valence-electron chi connectivity index (χ3n) is 7.02. The maximum Gasteiger partial charge on any atom is 0.170 e. The van der Waals surface area contributed by atoms with Crippen LogP contribution in [0.25, 0.3) is 5.69 Å². The quantitative estimate of drug-likeness (QED) is 0.512. The summed E-state index contributed by atoms with van der Waals surface area (Å²) in [4.78, 5) is 7.03. The van der Waals surface area contributed by atoms with Gasteiger partial charge in [-0.25, -0.2) is 0 Å². The van der Waals surface area contributed by atoms with Crippen LogP contribution in [-0.2, 0) is 11.2 Å². The number of rotatable bonds is 6. The van der Waals surface area contributed by atoms with Gasteiger partial charge in [0.1, 0.15) is 0 Å². The largest absolute Gasteiger partial charge is 0.376 e. The predicted octanol–water partition coefficient (Wildman–Crippen LogP) is 5.20. The van der Waals surface area contributed by atoms with E-state index in [1.807, 2.05) is 18.3 Å². The van der Waals surface area contributed by atoms with Gasteiger partial charge in [0.2, 0.25) is 0 Å². The summed E-state index contributed by atoms with van der Waals surface area (Å²) < 4.78 is 8.40. The number of aryl methyl sites for hydroxylation is 2. The molecule has 0 bridgehead atoms. The number of aromatic nitrogens is 2. The molecule has 0 radical (unpaired) electrons. The molecule has 0 amide bonds. The number of para-hydroxylation sites is 1. The smallest absolute Gasteiger partial charge is 0.170 e. The Labute approximate surface area is 201 Å². The van der Waals surface area contributed by atoms with Crippen molar-refractivity contribution in [2.24, 2.45) is 0 Å². The van der Waals surface area contributed by atoms with Crippen LogP contribution in [0.15, 0.2) is 54.7 Å². The molecule has 172 valence electrons. The summed E-state index contributed by atoms with van der Waals surface area (Å²) in [5.41, 5.74) is 7.40. The van der Waals surface area contributed by atoms with Gasteiger partial charge in [-0.3, -0.25) is 4.98 Å². The molecular formula is C27H32N4OS. The van der Waals surface area contributed by atoms with Crippen molar-refractivity contribution in [2.75, 3.05) is 13.2 Å². The van der Waals surface area contributed by atoms with Crippen LogP contribution in [-0.4, -0.2) is 38.8 Å². The zero-order valence-corrected chi connectivity index (χ0v) is 20.4. The van der Waals surface area contributed by atoms with Gasteiger partial charge >= 0.3 is 0 Å². The molecule has 2 saturated heterocycles. The van der Waals surface area contributed by atoms with Crippen molar-refractivity contribution >= 4 is 17.3 Å². The average molecular weight is 461 g/mol. The van der Waals surface area contributed by atoms with E-state index in [-0.39, 0.29) is 18.2 Å². The van der Waals surface area contributed by atoms with Crippen molar-refractivity contribution in [3.05, 3.63) is 82.9 Å². The minimum atomic E-state index is -0.00419. The molecule has 3 unspecified atom stereocenters. The van der Waals surface area contributed by atoms with E-state index in [1.54, 1.807) is 0 Å². The summed E-state index contributed by atoms with van der Waals surface area (Å²) in [6.45, 7) is 8.29. The SMILES string of the molecule is CCc1ccccc1-n1c(C)cc(C2C(c3ccccn3)NC(=S)N2CC2CCCO2)c1C. The van der Waals surface area contributed by atoms with Gasteiger partial charge in [0.25, 0.3) is 0 Å². The molecule has 4 heterocycles. The summed E-state index contributed by atoms with van der Waals surface area (Å²) >= 11 is 5.87. The van der Waals surface area contributed by atoms with Crippen molar-refractivity contribution in [3.8, 4) is 5.69 Å². The van der Waals surface area contributed by atoms with Crippen LogP contribution in [0.5, 0.6) is 0 Å². The van der Waals surface area contributed by atoms with Crippen molar-refractivity contribution < 1.29 is 4.74 Å². The minimum Gasteiger partial charge on any atom is -0.376 e. The molecule has 0 aliphatic carbocycles. The molecule has 6 heteroatoms. The number of thiocarbonyl (C=S) groups is 1. The maximum absolute atomic E-state index is 6.00. The number of ether oxygens (including phenoxy) is 1. The van der Waals surface area contributed by atoms with Crippen LogP contribution in [0.3, 0.4) is 0 Å². The Morgan fingerprint density at radius 1 is 1.15 bits per heavy atom. The van der Waals surface area contributed by atoms with Gasteiger partial charge in [0.05, 0.1) is 23.9 Å². The van der Waals surface area contributed by atoms with Crippen LogP contribution < -0.4 is 5.32 Å². The Hall–Kier alpha value is -2.70. The zero-order valence-electron chi connectivity index (χ0n) is 19.6. The molecule has 1 N–H and O–H groups in total. The summed E-state index contributed by atoms with van der Waals surface area (Å²) in [6.07, 6.45) is 5.29. The number of nitrogens with one attached hydrogen (secondary N) is 1. The first-order valence-electron chi connectivity index (χ1n) is 11.9. The first-order valence-corrected chi connectivity index (χ1v) is 12.4. The molecule has 2 fully saturated rings. The van der Waals surface area contributed by atoms with Gasteiger partial charge in [-0.15, -0.1) is 0 Å². The summed E-state index contributed by atoms with van der Waals surface area (Å²) in [5, 5.41) is 4.37.